The van der Waals surface area contributed by atoms with Crippen molar-refractivity contribution in [2.45, 2.75) is 13.0 Å². The van der Waals surface area contributed by atoms with Gasteiger partial charge in [0.05, 0.1) is 44.2 Å². The lowest BCUT2D eigenvalue weighted by Gasteiger charge is -2.26. The monoisotopic (exact) mass is 302 g/mol. The van der Waals surface area contributed by atoms with E-state index >= 15 is 0 Å². The average molecular weight is 302 g/mol. The number of carbonyl (C=O) groups is 1. The van der Waals surface area contributed by atoms with Crippen LogP contribution in [0.5, 0.6) is 11.5 Å². The molecule has 0 bridgehead atoms. The lowest BCUT2D eigenvalue weighted by atomic mass is 10.1. The van der Waals surface area contributed by atoms with Crippen molar-refractivity contribution in [3.05, 3.63) is 35.9 Å². The minimum absolute atomic E-state index is 0.163. The molecule has 0 spiro atoms. The zero-order valence-corrected chi connectivity index (χ0v) is 12.5. The molecule has 2 heterocycles. The number of methoxy groups -OCH3 is 2. The van der Waals surface area contributed by atoms with E-state index in [1.54, 1.807) is 43.6 Å². The van der Waals surface area contributed by atoms with Crippen LogP contribution in [0.1, 0.15) is 11.4 Å². The minimum Gasteiger partial charge on any atom is -0.497 e. The van der Waals surface area contributed by atoms with Crippen LogP contribution in [0.3, 0.4) is 0 Å². The molecule has 0 radical (unpaired) electrons. The maximum absolute atomic E-state index is 12.4. The molecule has 0 fully saturated rings. The third-order valence-electron chi connectivity index (χ3n) is 3.71. The summed E-state index contributed by atoms with van der Waals surface area (Å²) in [5.74, 6) is 1.24. The van der Waals surface area contributed by atoms with Gasteiger partial charge in [0.15, 0.2) is 0 Å². The Hall–Kier alpha value is -2.70. The van der Waals surface area contributed by atoms with Crippen LogP contribution in [-0.4, -0.2) is 41.7 Å². The Labute approximate surface area is 128 Å². The molecular formula is C15H18N4O3. The summed E-state index contributed by atoms with van der Waals surface area (Å²) >= 11 is 0. The Morgan fingerprint density at radius 3 is 3.00 bits per heavy atom. The highest BCUT2D eigenvalue weighted by Crippen LogP contribution is 2.29. The van der Waals surface area contributed by atoms with Gasteiger partial charge in [0.1, 0.15) is 11.5 Å². The largest absolute Gasteiger partial charge is 0.497 e. The van der Waals surface area contributed by atoms with Crippen molar-refractivity contribution in [2.75, 3.05) is 26.1 Å². The summed E-state index contributed by atoms with van der Waals surface area (Å²) < 4.78 is 10.4. The fourth-order valence-corrected chi connectivity index (χ4v) is 2.48. The van der Waals surface area contributed by atoms with E-state index in [2.05, 4.69) is 15.3 Å². The number of anilines is 1. The topological polar surface area (TPSA) is 79.5 Å². The van der Waals surface area contributed by atoms with Crippen LogP contribution < -0.4 is 14.8 Å². The molecular weight excluding hydrogens is 284 g/mol. The quantitative estimate of drug-likeness (QED) is 0.909. The van der Waals surface area contributed by atoms with Crippen LogP contribution in [0.15, 0.2) is 24.5 Å². The van der Waals surface area contributed by atoms with Gasteiger partial charge in [0, 0.05) is 19.0 Å². The maximum atomic E-state index is 12.4. The highest BCUT2D eigenvalue weighted by molar-refractivity contribution is 5.91. The lowest BCUT2D eigenvalue weighted by molar-refractivity contribution is 0.205. The van der Waals surface area contributed by atoms with Crippen LogP contribution in [0, 0.1) is 0 Å². The number of fused-ring (bicyclic) bond motifs is 1. The van der Waals surface area contributed by atoms with E-state index in [9.17, 15) is 4.79 Å². The highest BCUT2D eigenvalue weighted by atomic mass is 16.5. The van der Waals surface area contributed by atoms with E-state index in [0.29, 0.717) is 30.3 Å². The standard InChI is InChI=1S/C15H18N4O3/c1-21-10-3-4-12(14(7-10)22-2)18-15(20)19-6-5-11-13(8-19)17-9-16-11/h3-4,7,9H,5-6,8H2,1-2H3,(H,16,17)(H,18,20). The smallest absolute Gasteiger partial charge is 0.322 e. The zero-order chi connectivity index (χ0) is 15.5. The number of urea groups is 1. The molecule has 0 unspecified atom stereocenters. The first kappa shape index (κ1) is 14.2. The third kappa shape index (κ3) is 2.69. The number of ether oxygens (including phenoxy) is 2. The normalized spacial score (nSPS) is 13.5. The number of benzene rings is 1. The van der Waals surface area contributed by atoms with E-state index < -0.39 is 0 Å². The average Bonchev–Trinajstić information content (AvgIpc) is 3.02. The van der Waals surface area contributed by atoms with Gasteiger partial charge in [-0.15, -0.1) is 0 Å². The van der Waals surface area contributed by atoms with Gasteiger partial charge in [-0.2, -0.15) is 0 Å². The Balaban J connectivity index is 1.72. The number of carbonyl (C=O) groups excluding carboxylic acids is 1. The summed E-state index contributed by atoms with van der Waals surface area (Å²) in [6, 6.07) is 5.12. The molecule has 2 N–H and O–H groups in total. The van der Waals surface area contributed by atoms with Crippen LogP contribution in [-0.2, 0) is 13.0 Å². The van der Waals surface area contributed by atoms with Crippen LogP contribution in [0.2, 0.25) is 0 Å². The summed E-state index contributed by atoms with van der Waals surface area (Å²) in [4.78, 5) is 21.5. The number of hydrogen-bond acceptors (Lipinski definition) is 4. The molecule has 1 aliphatic heterocycles. The van der Waals surface area contributed by atoms with Crippen molar-refractivity contribution in [3.63, 3.8) is 0 Å². The number of aromatic nitrogens is 2. The van der Waals surface area contributed by atoms with Crippen molar-refractivity contribution in [2.24, 2.45) is 0 Å². The van der Waals surface area contributed by atoms with E-state index in [0.717, 1.165) is 17.8 Å². The molecule has 0 atom stereocenters. The Kier molecular flexibility index (Phi) is 3.86. The van der Waals surface area contributed by atoms with Crippen molar-refractivity contribution in [1.29, 1.82) is 0 Å². The van der Waals surface area contributed by atoms with Gasteiger partial charge in [0.2, 0.25) is 0 Å². The first-order chi connectivity index (χ1) is 10.7. The van der Waals surface area contributed by atoms with Gasteiger partial charge in [-0.05, 0) is 12.1 Å². The SMILES string of the molecule is COc1ccc(NC(=O)N2CCc3nc[nH]c3C2)c(OC)c1. The predicted octanol–water partition coefficient (Wildman–Crippen LogP) is 2.02. The number of amides is 2. The van der Waals surface area contributed by atoms with Gasteiger partial charge in [-0.1, -0.05) is 0 Å². The molecule has 116 valence electrons. The second-order valence-electron chi connectivity index (χ2n) is 5.00. The van der Waals surface area contributed by atoms with Gasteiger partial charge < -0.3 is 24.7 Å². The number of nitrogens with zero attached hydrogens (tertiary/aromatic N) is 2. The van der Waals surface area contributed by atoms with Crippen LogP contribution >= 0.6 is 0 Å². The molecule has 0 aliphatic carbocycles. The Morgan fingerprint density at radius 1 is 1.36 bits per heavy atom. The number of nitrogens with one attached hydrogen (secondary N) is 2. The molecule has 1 aromatic carbocycles. The first-order valence-electron chi connectivity index (χ1n) is 7.00. The van der Waals surface area contributed by atoms with Gasteiger partial charge in [-0.3, -0.25) is 0 Å². The van der Waals surface area contributed by atoms with Gasteiger partial charge in [0.25, 0.3) is 0 Å². The number of rotatable bonds is 3. The fraction of sp³-hybridized carbons (Fsp3) is 0.333. The van der Waals surface area contributed by atoms with E-state index in [-0.39, 0.29) is 6.03 Å². The molecule has 3 rings (SSSR count). The number of imidazole rings is 1. The summed E-state index contributed by atoms with van der Waals surface area (Å²) in [6.07, 6.45) is 2.42. The molecule has 1 aliphatic rings. The molecule has 7 heteroatoms. The molecule has 22 heavy (non-hydrogen) atoms. The van der Waals surface area contributed by atoms with E-state index in [1.807, 2.05) is 0 Å². The molecule has 1 aromatic heterocycles. The minimum atomic E-state index is -0.163. The maximum Gasteiger partial charge on any atom is 0.322 e. The van der Waals surface area contributed by atoms with Crippen molar-refractivity contribution in [1.82, 2.24) is 14.9 Å². The van der Waals surface area contributed by atoms with Gasteiger partial charge in [-0.25, -0.2) is 9.78 Å². The molecule has 2 aromatic rings. The van der Waals surface area contributed by atoms with Gasteiger partial charge >= 0.3 is 6.03 Å². The van der Waals surface area contributed by atoms with Crippen LogP contribution in [0.25, 0.3) is 0 Å². The summed E-state index contributed by atoms with van der Waals surface area (Å²) in [7, 11) is 3.14. The first-order valence-corrected chi connectivity index (χ1v) is 7.00. The predicted molar refractivity (Wildman–Crippen MR) is 81.3 cm³/mol. The summed E-state index contributed by atoms with van der Waals surface area (Å²) in [5, 5.41) is 2.88. The molecule has 0 saturated heterocycles. The molecule has 7 nitrogen and oxygen atoms in total. The zero-order valence-electron chi connectivity index (χ0n) is 12.5. The number of aromatic amines is 1. The summed E-state index contributed by atoms with van der Waals surface area (Å²) in [6.45, 7) is 1.17. The molecule has 0 saturated carbocycles. The van der Waals surface area contributed by atoms with Crippen molar-refractivity contribution < 1.29 is 14.3 Å². The second-order valence-corrected chi connectivity index (χ2v) is 5.00. The highest BCUT2D eigenvalue weighted by Gasteiger charge is 2.23. The Bertz CT molecular complexity index is 683. The second kappa shape index (κ2) is 5.97. The third-order valence-corrected chi connectivity index (χ3v) is 3.71. The van der Waals surface area contributed by atoms with E-state index in [1.165, 1.54) is 0 Å². The lowest BCUT2D eigenvalue weighted by Crippen LogP contribution is -2.39. The van der Waals surface area contributed by atoms with Crippen molar-refractivity contribution >= 4 is 11.7 Å². The van der Waals surface area contributed by atoms with Crippen LogP contribution in [0.4, 0.5) is 10.5 Å². The Morgan fingerprint density at radius 2 is 2.23 bits per heavy atom. The fourth-order valence-electron chi connectivity index (χ4n) is 2.48. The number of hydrogen-bond donors (Lipinski definition) is 2. The molecule has 2 amide bonds. The summed E-state index contributed by atoms with van der Waals surface area (Å²) in [5.41, 5.74) is 2.64. The number of H-pyrrole nitrogens is 1. The van der Waals surface area contributed by atoms with E-state index in [4.69, 9.17) is 9.47 Å². The van der Waals surface area contributed by atoms with Crippen molar-refractivity contribution in [3.8, 4) is 11.5 Å².